The molecule has 0 atom stereocenters. The molecule has 3 heterocycles. The first kappa shape index (κ1) is 18.5. The van der Waals surface area contributed by atoms with Gasteiger partial charge < -0.3 is 4.98 Å². The summed E-state index contributed by atoms with van der Waals surface area (Å²) in [5.74, 6) is -0.141. The van der Waals surface area contributed by atoms with Crippen LogP contribution in [0.3, 0.4) is 0 Å². The number of amides is 1. The normalized spacial score (nSPS) is 11.1. The first-order valence-electron chi connectivity index (χ1n) is 8.77. The Bertz CT molecular complexity index is 1110. The van der Waals surface area contributed by atoms with Gasteiger partial charge in [0, 0.05) is 16.6 Å². The molecule has 2 N–H and O–H groups in total. The zero-order valence-corrected chi connectivity index (χ0v) is 16.9. The lowest BCUT2D eigenvalue weighted by Gasteiger charge is -2.12. The minimum absolute atomic E-state index is 0.0907. The van der Waals surface area contributed by atoms with Crippen molar-refractivity contribution in [3.63, 3.8) is 0 Å². The highest BCUT2D eigenvalue weighted by atomic mass is 35.5. The lowest BCUT2D eigenvalue weighted by Crippen LogP contribution is -2.15. The minimum atomic E-state index is -0.232. The van der Waals surface area contributed by atoms with Crippen LogP contribution in [-0.4, -0.2) is 25.7 Å². The molecule has 0 bridgehead atoms. The Labute approximate surface area is 171 Å². The molecule has 0 saturated carbocycles. The number of carbonyl (C=O) groups is 1. The van der Waals surface area contributed by atoms with E-state index in [4.69, 9.17) is 11.6 Å². The van der Waals surface area contributed by atoms with Crippen LogP contribution in [0.4, 0.5) is 5.13 Å². The molecular formula is C20H18ClN5OS. The van der Waals surface area contributed by atoms with Crippen LogP contribution in [0, 0.1) is 0 Å². The van der Waals surface area contributed by atoms with E-state index in [-0.39, 0.29) is 11.8 Å². The SMILES string of the molecule is CC(C)c1c(C(=O)Nc2nc(-c3ccc[nH]3)cs2)cnn1-c1cccc(Cl)c1. The number of aromatic amines is 1. The van der Waals surface area contributed by atoms with Crippen LogP contribution >= 0.6 is 22.9 Å². The highest BCUT2D eigenvalue weighted by Crippen LogP contribution is 2.27. The third kappa shape index (κ3) is 3.58. The number of anilines is 1. The molecule has 1 amide bonds. The second-order valence-corrected chi connectivity index (χ2v) is 7.86. The van der Waals surface area contributed by atoms with Gasteiger partial charge in [-0.05, 0) is 36.2 Å². The van der Waals surface area contributed by atoms with E-state index in [0.29, 0.717) is 15.7 Å². The predicted octanol–water partition coefficient (Wildman–Crippen LogP) is 5.35. The summed E-state index contributed by atoms with van der Waals surface area (Å²) in [6.45, 7) is 4.06. The zero-order valence-electron chi connectivity index (χ0n) is 15.3. The molecule has 0 unspecified atom stereocenters. The molecule has 4 rings (SSSR count). The summed E-state index contributed by atoms with van der Waals surface area (Å²) >= 11 is 7.50. The Morgan fingerprint density at radius 2 is 2.14 bits per heavy atom. The largest absolute Gasteiger partial charge is 0.360 e. The van der Waals surface area contributed by atoms with Crippen LogP contribution in [0.25, 0.3) is 17.1 Å². The van der Waals surface area contributed by atoms with E-state index in [1.807, 2.05) is 55.8 Å². The fourth-order valence-corrected chi connectivity index (χ4v) is 3.90. The Morgan fingerprint density at radius 1 is 1.29 bits per heavy atom. The number of carbonyl (C=O) groups excluding carboxylic acids is 1. The number of aromatic nitrogens is 4. The standard InChI is InChI=1S/C20H18ClN5OS/c1-12(2)18-15(10-23-26(18)14-6-3-5-13(21)9-14)19(27)25-20-24-17(11-28-20)16-7-4-8-22-16/h3-12,22H,1-2H3,(H,24,25,27). The van der Waals surface area contributed by atoms with Crippen molar-refractivity contribution in [1.82, 2.24) is 19.7 Å². The van der Waals surface area contributed by atoms with Gasteiger partial charge in [-0.1, -0.05) is 31.5 Å². The van der Waals surface area contributed by atoms with E-state index in [9.17, 15) is 4.79 Å². The number of benzene rings is 1. The molecule has 8 heteroatoms. The molecular weight excluding hydrogens is 394 g/mol. The van der Waals surface area contributed by atoms with Gasteiger partial charge in [-0.25, -0.2) is 9.67 Å². The van der Waals surface area contributed by atoms with Crippen LogP contribution < -0.4 is 5.32 Å². The van der Waals surface area contributed by atoms with Gasteiger partial charge in [0.25, 0.3) is 5.91 Å². The topological polar surface area (TPSA) is 75.6 Å². The molecule has 0 aliphatic carbocycles. The number of hydrogen-bond acceptors (Lipinski definition) is 4. The molecule has 0 saturated heterocycles. The summed E-state index contributed by atoms with van der Waals surface area (Å²) in [5, 5.41) is 10.4. The van der Waals surface area contributed by atoms with Gasteiger partial charge >= 0.3 is 0 Å². The molecule has 0 aliphatic heterocycles. The Morgan fingerprint density at radius 3 is 2.86 bits per heavy atom. The van der Waals surface area contributed by atoms with Gasteiger partial charge in [-0.2, -0.15) is 5.10 Å². The molecule has 4 aromatic rings. The third-order valence-corrected chi connectivity index (χ3v) is 5.24. The minimum Gasteiger partial charge on any atom is -0.360 e. The van der Waals surface area contributed by atoms with Crippen molar-refractivity contribution in [3.8, 4) is 17.1 Å². The first-order valence-corrected chi connectivity index (χ1v) is 10.0. The summed E-state index contributed by atoms with van der Waals surface area (Å²) in [4.78, 5) is 20.5. The molecule has 28 heavy (non-hydrogen) atoms. The van der Waals surface area contributed by atoms with Gasteiger partial charge in [-0.3, -0.25) is 10.1 Å². The maximum Gasteiger partial charge on any atom is 0.260 e. The Kier molecular flexibility index (Phi) is 5.02. The van der Waals surface area contributed by atoms with E-state index < -0.39 is 0 Å². The van der Waals surface area contributed by atoms with Crippen LogP contribution in [0.15, 0.2) is 54.2 Å². The van der Waals surface area contributed by atoms with E-state index in [1.165, 1.54) is 11.3 Å². The average Bonchev–Trinajstić information content (AvgIpc) is 3.41. The van der Waals surface area contributed by atoms with Gasteiger partial charge in [-0.15, -0.1) is 11.3 Å². The van der Waals surface area contributed by atoms with Crippen molar-refractivity contribution < 1.29 is 4.79 Å². The van der Waals surface area contributed by atoms with Gasteiger partial charge in [0.2, 0.25) is 0 Å². The van der Waals surface area contributed by atoms with Crippen molar-refractivity contribution >= 4 is 34.0 Å². The second-order valence-electron chi connectivity index (χ2n) is 6.57. The second kappa shape index (κ2) is 7.61. The number of nitrogens with zero attached hydrogens (tertiary/aromatic N) is 3. The Hall–Kier alpha value is -2.90. The lowest BCUT2D eigenvalue weighted by molar-refractivity contribution is 0.102. The lowest BCUT2D eigenvalue weighted by atomic mass is 10.1. The fraction of sp³-hybridized carbons (Fsp3) is 0.150. The van der Waals surface area contributed by atoms with Crippen LogP contribution in [-0.2, 0) is 0 Å². The van der Waals surface area contributed by atoms with Gasteiger partial charge in [0.1, 0.15) is 0 Å². The number of H-pyrrole nitrogens is 1. The summed E-state index contributed by atoms with van der Waals surface area (Å²) in [6.07, 6.45) is 3.43. The van der Waals surface area contributed by atoms with Crippen molar-refractivity contribution in [2.75, 3.05) is 5.32 Å². The van der Waals surface area contributed by atoms with E-state index in [2.05, 4.69) is 20.4 Å². The summed E-state index contributed by atoms with van der Waals surface area (Å²) in [7, 11) is 0. The average molecular weight is 412 g/mol. The fourth-order valence-electron chi connectivity index (χ4n) is 3.01. The Balaban J connectivity index is 1.63. The molecule has 1 aromatic carbocycles. The number of thiazole rings is 1. The number of halogens is 1. The van der Waals surface area contributed by atoms with Crippen molar-refractivity contribution in [1.29, 1.82) is 0 Å². The molecule has 6 nitrogen and oxygen atoms in total. The summed E-state index contributed by atoms with van der Waals surface area (Å²) in [5.41, 5.74) is 3.86. The van der Waals surface area contributed by atoms with Crippen LogP contribution in [0.1, 0.15) is 35.8 Å². The highest BCUT2D eigenvalue weighted by molar-refractivity contribution is 7.14. The van der Waals surface area contributed by atoms with Gasteiger partial charge in [0.15, 0.2) is 5.13 Å². The number of rotatable bonds is 5. The van der Waals surface area contributed by atoms with Crippen molar-refractivity contribution in [2.45, 2.75) is 19.8 Å². The van der Waals surface area contributed by atoms with Crippen molar-refractivity contribution in [3.05, 3.63) is 70.5 Å². The zero-order chi connectivity index (χ0) is 19.7. The van der Waals surface area contributed by atoms with Gasteiger partial charge in [0.05, 0.1) is 34.5 Å². The third-order valence-electron chi connectivity index (χ3n) is 4.25. The summed E-state index contributed by atoms with van der Waals surface area (Å²) < 4.78 is 1.76. The number of hydrogen-bond donors (Lipinski definition) is 2. The quantitative estimate of drug-likeness (QED) is 0.464. The maximum absolute atomic E-state index is 12.9. The van der Waals surface area contributed by atoms with E-state index >= 15 is 0 Å². The summed E-state index contributed by atoms with van der Waals surface area (Å²) in [6, 6.07) is 11.3. The number of nitrogens with one attached hydrogen (secondary N) is 2. The smallest absolute Gasteiger partial charge is 0.260 e. The van der Waals surface area contributed by atoms with Crippen LogP contribution in [0.5, 0.6) is 0 Å². The monoisotopic (exact) mass is 411 g/mol. The first-order chi connectivity index (χ1) is 13.5. The highest BCUT2D eigenvalue weighted by Gasteiger charge is 2.22. The molecule has 3 aromatic heterocycles. The molecule has 0 radical (unpaired) electrons. The van der Waals surface area contributed by atoms with Crippen molar-refractivity contribution in [2.24, 2.45) is 0 Å². The maximum atomic E-state index is 12.9. The molecule has 0 spiro atoms. The van der Waals surface area contributed by atoms with E-state index in [1.54, 1.807) is 16.9 Å². The predicted molar refractivity (Wildman–Crippen MR) is 113 cm³/mol. The van der Waals surface area contributed by atoms with E-state index in [0.717, 1.165) is 22.8 Å². The molecule has 0 fully saturated rings. The molecule has 142 valence electrons. The van der Waals surface area contributed by atoms with Crippen LogP contribution in [0.2, 0.25) is 5.02 Å². The molecule has 0 aliphatic rings.